The number of fused-ring (bicyclic) bond motifs is 2. The number of alkyl halides is 3. The fraction of sp³-hybridized carbons (Fsp3) is 0.378. The zero-order valence-corrected chi connectivity index (χ0v) is 30.5. The minimum absolute atomic E-state index is 0. The molecule has 282 valence electrons. The van der Waals surface area contributed by atoms with Crippen LogP contribution in [0.4, 0.5) is 23.5 Å². The SMILES string of the molecule is CCc1cccc(CC)c1-n1nc2c(c1-c1c(F)cc(COC(=O)C(NC(=O)CN)C(C)C)c3[nH]ccc13)CN(c1ncc(C(F)(F)F)cn1)CC2.Cl. The van der Waals surface area contributed by atoms with Crippen molar-refractivity contribution < 1.29 is 31.9 Å². The molecule has 16 heteroatoms. The molecule has 4 heterocycles. The summed E-state index contributed by atoms with van der Waals surface area (Å²) in [6.07, 6.45) is 0.409. The van der Waals surface area contributed by atoms with Crippen LogP contribution in [0.15, 0.2) is 48.9 Å². The number of para-hydroxylation sites is 1. The Balaban J connectivity index is 0.00000541. The number of nitrogens with zero attached hydrogens (tertiary/aromatic N) is 5. The molecule has 0 bridgehead atoms. The van der Waals surface area contributed by atoms with E-state index >= 15 is 4.39 Å². The Labute approximate surface area is 309 Å². The maximum Gasteiger partial charge on any atom is 0.419 e. The smallest absolute Gasteiger partial charge is 0.419 e. The number of aromatic amines is 1. The van der Waals surface area contributed by atoms with Gasteiger partial charge >= 0.3 is 12.1 Å². The third-order valence-corrected chi connectivity index (χ3v) is 9.37. The largest absolute Gasteiger partial charge is 0.459 e. The molecule has 0 radical (unpaired) electrons. The highest BCUT2D eigenvalue weighted by atomic mass is 35.5. The number of esters is 1. The van der Waals surface area contributed by atoms with Crippen LogP contribution in [0.25, 0.3) is 27.8 Å². The van der Waals surface area contributed by atoms with Crippen LogP contribution < -0.4 is 16.0 Å². The molecule has 2 aromatic carbocycles. The van der Waals surface area contributed by atoms with Crippen molar-refractivity contribution in [2.45, 2.75) is 72.3 Å². The number of aryl methyl sites for hydroxylation is 2. The summed E-state index contributed by atoms with van der Waals surface area (Å²) in [4.78, 5) is 38.0. The van der Waals surface area contributed by atoms with Gasteiger partial charge in [0.1, 0.15) is 18.5 Å². The predicted octanol–water partition coefficient (Wildman–Crippen LogP) is 6.22. The number of nitrogens with two attached hydrogens (primary N) is 1. The third-order valence-electron chi connectivity index (χ3n) is 9.37. The van der Waals surface area contributed by atoms with Crippen LogP contribution in [0.2, 0.25) is 0 Å². The molecule has 0 fully saturated rings. The predicted molar refractivity (Wildman–Crippen MR) is 194 cm³/mol. The zero-order chi connectivity index (χ0) is 37.3. The molecule has 11 nitrogen and oxygen atoms in total. The number of rotatable bonds is 11. The lowest BCUT2D eigenvalue weighted by atomic mass is 9.95. The standard InChI is InChI=1S/C37H40F4N8O3.ClH/c1-5-21-8-7-9-22(6-2)33(21)49-34(26-18-48(13-11-28(26)47-49)36-44-16-24(17-45-36)37(39,40)41)30-25-10-12-43-32(25)23(14-27(30)38)19-52-35(51)31(20(3)4)46-29(50)15-42;/h7-10,12,14,16-17,20,31,43H,5-6,11,13,15,18-19,42H2,1-4H3,(H,46,50);1H. The molecule has 6 rings (SSSR count). The molecule has 1 atom stereocenters. The van der Waals surface area contributed by atoms with E-state index in [0.29, 0.717) is 53.5 Å². The molecule has 1 amide bonds. The van der Waals surface area contributed by atoms with Crippen LogP contribution in [0, 0.1) is 11.7 Å². The van der Waals surface area contributed by atoms with Gasteiger partial charge in [0.15, 0.2) is 0 Å². The highest BCUT2D eigenvalue weighted by molar-refractivity contribution is 5.98. The van der Waals surface area contributed by atoms with Gasteiger partial charge in [-0.05, 0) is 42.0 Å². The Morgan fingerprint density at radius 3 is 2.36 bits per heavy atom. The summed E-state index contributed by atoms with van der Waals surface area (Å²) in [5.74, 6) is -1.94. The van der Waals surface area contributed by atoms with Gasteiger partial charge in [0.25, 0.3) is 0 Å². The highest BCUT2D eigenvalue weighted by Gasteiger charge is 2.34. The number of nitrogens with one attached hydrogen (secondary N) is 2. The Hall–Kier alpha value is -5.02. The second-order valence-electron chi connectivity index (χ2n) is 13.0. The third kappa shape index (κ3) is 7.72. The highest BCUT2D eigenvalue weighted by Crippen LogP contribution is 2.41. The van der Waals surface area contributed by atoms with E-state index in [4.69, 9.17) is 15.6 Å². The van der Waals surface area contributed by atoms with E-state index in [9.17, 15) is 22.8 Å². The summed E-state index contributed by atoms with van der Waals surface area (Å²) in [6, 6.07) is 8.14. The number of halogens is 5. The van der Waals surface area contributed by atoms with Crippen molar-refractivity contribution in [1.29, 1.82) is 0 Å². The van der Waals surface area contributed by atoms with Crippen molar-refractivity contribution in [3.05, 3.63) is 88.3 Å². The van der Waals surface area contributed by atoms with Crippen LogP contribution in [0.5, 0.6) is 0 Å². The summed E-state index contributed by atoms with van der Waals surface area (Å²) in [7, 11) is 0. The zero-order valence-electron chi connectivity index (χ0n) is 29.7. The number of carbonyl (C=O) groups is 2. The quantitative estimate of drug-likeness (QED) is 0.107. The molecule has 4 N–H and O–H groups in total. The molecule has 1 aliphatic rings. The van der Waals surface area contributed by atoms with Crippen molar-refractivity contribution in [1.82, 2.24) is 30.0 Å². The van der Waals surface area contributed by atoms with Gasteiger partial charge in [0, 0.05) is 60.2 Å². The summed E-state index contributed by atoms with van der Waals surface area (Å²) in [6.45, 7) is 7.59. The fourth-order valence-electron chi connectivity index (χ4n) is 6.67. The molecule has 1 aliphatic heterocycles. The van der Waals surface area contributed by atoms with E-state index in [0.717, 1.165) is 34.9 Å². The van der Waals surface area contributed by atoms with E-state index in [1.54, 1.807) is 35.7 Å². The van der Waals surface area contributed by atoms with Crippen molar-refractivity contribution in [2.24, 2.45) is 11.7 Å². The van der Waals surface area contributed by atoms with E-state index in [1.165, 1.54) is 6.07 Å². The maximum absolute atomic E-state index is 16.8. The number of H-pyrrole nitrogens is 1. The fourth-order valence-corrected chi connectivity index (χ4v) is 6.67. The average Bonchev–Trinajstić information content (AvgIpc) is 3.77. The second kappa shape index (κ2) is 15.9. The first-order valence-electron chi connectivity index (χ1n) is 17.2. The molecule has 0 saturated heterocycles. The molecule has 53 heavy (non-hydrogen) atoms. The number of amides is 1. The van der Waals surface area contributed by atoms with Gasteiger partial charge < -0.3 is 25.7 Å². The topological polar surface area (TPSA) is 144 Å². The Morgan fingerprint density at radius 1 is 1.08 bits per heavy atom. The first kappa shape index (κ1) is 39.2. The van der Waals surface area contributed by atoms with Crippen LogP contribution in [0.1, 0.15) is 61.2 Å². The summed E-state index contributed by atoms with van der Waals surface area (Å²) in [5.41, 5.74) is 10.4. The lowest BCUT2D eigenvalue weighted by Gasteiger charge is -2.27. The number of anilines is 1. The number of hydrogen-bond donors (Lipinski definition) is 3. The lowest BCUT2D eigenvalue weighted by molar-refractivity contribution is -0.150. The Kier molecular flexibility index (Phi) is 11.8. The average molecular weight is 757 g/mol. The molecule has 1 unspecified atom stereocenters. The van der Waals surface area contributed by atoms with Crippen molar-refractivity contribution in [3.8, 4) is 16.9 Å². The van der Waals surface area contributed by atoms with Gasteiger partial charge in [-0.3, -0.25) is 4.79 Å². The number of benzene rings is 2. The molecular weight excluding hydrogens is 716 g/mol. The molecule has 5 aromatic rings. The number of hydrogen-bond acceptors (Lipinski definition) is 8. The van der Waals surface area contributed by atoms with Gasteiger partial charge in [-0.1, -0.05) is 45.9 Å². The maximum atomic E-state index is 16.8. The number of aromatic nitrogens is 5. The molecule has 3 aromatic heterocycles. The molecular formula is C37H41ClF4N8O3. The van der Waals surface area contributed by atoms with Crippen molar-refractivity contribution >= 4 is 41.1 Å². The van der Waals surface area contributed by atoms with E-state index in [2.05, 4.69) is 20.3 Å². The van der Waals surface area contributed by atoms with Crippen LogP contribution in [-0.4, -0.2) is 55.7 Å². The van der Waals surface area contributed by atoms with E-state index in [-0.39, 0.29) is 49.5 Å². The van der Waals surface area contributed by atoms with Gasteiger partial charge in [-0.15, -0.1) is 12.4 Å². The van der Waals surface area contributed by atoms with E-state index in [1.807, 2.05) is 32.0 Å². The lowest BCUT2D eigenvalue weighted by Crippen LogP contribution is -2.47. The van der Waals surface area contributed by atoms with Crippen LogP contribution in [-0.2, 0) is 52.9 Å². The van der Waals surface area contributed by atoms with Crippen LogP contribution >= 0.6 is 12.4 Å². The molecule has 0 spiro atoms. The Morgan fingerprint density at radius 2 is 1.75 bits per heavy atom. The van der Waals surface area contributed by atoms with Crippen molar-refractivity contribution in [3.63, 3.8) is 0 Å². The molecule has 0 aliphatic carbocycles. The van der Waals surface area contributed by atoms with Gasteiger partial charge in [-0.25, -0.2) is 23.8 Å². The minimum Gasteiger partial charge on any atom is -0.459 e. The van der Waals surface area contributed by atoms with Crippen molar-refractivity contribution in [2.75, 3.05) is 18.0 Å². The van der Waals surface area contributed by atoms with Gasteiger partial charge in [0.2, 0.25) is 11.9 Å². The van der Waals surface area contributed by atoms with Crippen LogP contribution in [0.3, 0.4) is 0 Å². The monoisotopic (exact) mass is 756 g/mol. The van der Waals surface area contributed by atoms with Gasteiger partial charge in [-0.2, -0.15) is 18.3 Å². The first-order valence-corrected chi connectivity index (χ1v) is 17.2. The Bertz CT molecular complexity index is 2090. The second-order valence-corrected chi connectivity index (χ2v) is 13.0. The summed E-state index contributed by atoms with van der Waals surface area (Å²) >= 11 is 0. The van der Waals surface area contributed by atoms with E-state index < -0.39 is 35.5 Å². The summed E-state index contributed by atoms with van der Waals surface area (Å²) in [5, 5.41) is 8.17. The number of carbonyl (C=O) groups excluding carboxylic acids is 2. The summed E-state index contributed by atoms with van der Waals surface area (Å²) < 4.78 is 64.1. The normalized spacial score (nSPS) is 13.5. The minimum atomic E-state index is -4.58. The first-order chi connectivity index (χ1) is 24.9. The molecule has 0 saturated carbocycles. The van der Waals surface area contributed by atoms with Gasteiger partial charge in [0.05, 0.1) is 34.7 Å². The number of ether oxygens (including phenoxy) is 1.